The molecule has 0 rings (SSSR count). The minimum Gasteiger partial charge on any atom is -0.389 e. The van der Waals surface area contributed by atoms with Crippen LogP contribution in [0.15, 0.2) is 0 Å². The second-order valence-corrected chi connectivity index (χ2v) is 6.21. The van der Waals surface area contributed by atoms with Crippen molar-refractivity contribution in [3.8, 4) is 0 Å². The third-order valence-electron chi connectivity index (χ3n) is 2.76. The Labute approximate surface area is 118 Å². The molecule has 0 aromatic carbocycles. The molecule has 19 heavy (non-hydrogen) atoms. The summed E-state index contributed by atoms with van der Waals surface area (Å²) in [6.45, 7) is 12.7. The van der Waals surface area contributed by atoms with Crippen LogP contribution < -0.4 is 5.32 Å². The molecule has 0 saturated carbocycles. The van der Waals surface area contributed by atoms with Crippen LogP contribution in [-0.4, -0.2) is 50.7 Å². The average molecular weight is 275 g/mol. The molecule has 4 heteroatoms. The van der Waals surface area contributed by atoms with Gasteiger partial charge in [0.25, 0.3) is 0 Å². The van der Waals surface area contributed by atoms with Crippen LogP contribution in [0.3, 0.4) is 0 Å². The van der Waals surface area contributed by atoms with Crippen molar-refractivity contribution in [2.75, 3.05) is 39.5 Å². The molecule has 2 N–H and O–H groups in total. The van der Waals surface area contributed by atoms with Crippen LogP contribution in [0.1, 0.15) is 47.0 Å². The fraction of sp³-hybridized carbons (Fsp3) is 1.00. The molecule has 0 aromatic rings. The first kappa shape index (κ1) is 18.8. The molecule has 0 spiro atoms. The van der Waals surface area contributed by atoms with Gasteiger partial charge in [0.05, 0.1) is 25.9 Å². The first-order chi connectivity index (χ1) is 8.95. The SMILES string of the molecule is CCCCOCCOCC(O)CNCCC(C)(C)C. The van der Waals surface area contributed by atoms with E-state index in [1.807, 2.05) is 0 Å². The summed E-state index contributed by atoms with van der Waals surface area (Å²) in [6.07, 6.45) is 2.92. The molecule has 0 aliphatic rings. The van der Waals surface area contributed by atoms with E-state index >= 15 is 0 Å². The maximum Gasteiger partial charge on any atom is 0.0897 e. The van der Waals surface area contributed by atoms with E-state index in [2.05, 4.69) is 33.0 Å². The van der Waals surface area contributed by atoms with Crippen LogP contribution >= 0.6 is 0 Å². The lowest BCUT2D eigenvalue weighted by atomic mass is 9.92. The van der Waals surface area contributed by atoms with E-state index in [-0.39, 0.29) is 0 Å². The van der Waals surface area contributed by atoms with Gasteiger partial charge in [-0.2, -0.15) is 0 Å². The number of aliphatic hydroxyl groups is 1. The van der Waals surface area contributed by atoms with Crippen molar-refractivity contribution in [3.63, 3.8) is 0 Å². The third-order valence-corrected chi connectivity index (χ3v) is 2.76. The summed E-state index contributed by atoms with van der Waals surface area (Å²) in [6, 6.07) is 0. The predicted molar refractivity (Wildman–Crippen MR) is 79.5 cm³/mol. The number of nitrogens with one attached hydrogen (secondary N) is 1. The van der Waals surface area contributed by atoms with Gasteiger partial charge in [-0.3, -0.25) is 0 Å². The van der Waals surface area contributed by atoms with Crippen LogP contribution in [0.5, 0.6) is 0 Å². The monoisotopic (exact) mass is 275 g/mol. The Hall–Kier alpha value is -0.160. The zero-order chi connectivity index (χ0) is 14.6. The maximum absolute atomic E-state index is 9.69. The van der Waals surface area contributed by atoms with E-state index in [4.69, 9.17) is 9.47 Å². The zero-order valence-electron chi connectivity index (χ0n) is 13.2. The topological polar surface area (TPSA) is 50.7 Å². The second kappa shape index (κ2) is 11.6. The molecular formula is C15H33NO3. The molecule has 0 aliphatic heterocycles. The van der Waals surface area contributed by atoms with Gasteiger partial charge in [0, 0.05) is 13.2 Å². The smallest absolute Gasteiger partial charge is 0.0897 e. The number of rotatable bonds is 12. The first-order valence-corrected chi connectivity index (χ1v) is 7.50. The standard InChI is InChI=1S/C15H33NO3/c1-5-6-9-18-10-11-19-13-14(17)12-16-8-7-15(2,3)4/h14,16-17H,5-13H2,1-4H3. The van der Waals surface area contributed by atoms with Gasteiger partial charge in [-0.25, -0.2) is 0 Å². The lowest BCUT2D eigenvalue weighted by Crippen LogP contribution is -2.32. The van der Waals surface area contributed by atoms with Gasteiger partial charge in [-0.15, -0.1) is 0 Å². The molecule has 116 valence electrons. The summed E-state index contributed by atoms with van der Waals surface area (Å²) in [5, 5.41) is 12.9. The van der Waals surface area contributed by atoms with Gasteiger partial charge in [0.1, 0.15) is 0 Å². The van der Waals surface area contributed by atoms with Crippen molar-refractivity contribution in [1.82, 2.24) is 5.32 Å². The highest BCUT2D eigenvalue weighted by Crippen LogP contribution is 2.16. The van der Waals surface area contributed by atoms with Crippen LogP contribution in [0.4, 0.5) is 0 Å². The molecule has 1 unspecified atom stereocenters. The Kier molecular flexibility index (Phi) is 11.6. The van der Waals surface area contributed by atoms with E-state index in [1.165, 1.54) is 0 Å². The zero-order valence-corrected chi connectivity index (χ0v) is 13.2. The van der Waals surface area contributed by atoms with Crippen LogP contribution in [0.25, 0.3) is 0 Å². The highest BCUT2D eigenvalue weighted by atomic mass is 16.5. The summed E-state index contributed by atoms with van der Waals surface area (Å²) in [4.78, 5) is 0. The van der Waals surface area contributed by atoms with Crippen molar-refractivity contribution in [2.45, 2.75) is 53.1 Å². The Morgan fingerprint density at radius 1 is 1.11 bits per heavy atom. The molecule has 0 aliphatic carbocycles. The second-order valence-electron chi connectivity index (χ2n) is 6.21. The van der Waals surface area contributed by atoms with E-state index in [9.17, 15) is 5.11 Å². The molecular weight excluding hydrogens is 242 g/mol. The van der Waals surface area contributed by atoms with E-state index in [0.29, 0.717) is 31.8 Å². The van der Waals surface area contributed by atoms with E-state index in [0.717, 1.165) is 32.4 Å². The minimum absolute atomic E-state index is 0.338. The fourth-order valence-corrected chi connectivity index (χ4v) is 1.48. The quantitative estimate of drug-likeness (QED) is 0.536. The van der Waals surface area contributed by atoms with Gasteiger partial charge in [-0.1, -0.05) is 34.1 Å². The minimum atomic E-state index is -0.435. The Bertz CT molecular complexity index is 192. The van der Waals surface area contributed by atoms with Crippen LogP contribution in [0.2, 0.25) is 0 Å². The molecule has 0 bridgehead atoms. The predicted octanol–water partition coefficient (Wildman–Crippen LogP) is 2.21. The van der Waals surface area contributed by atoms with Crippen molar-refractivity contribution in [3.05, 3.63) is 0 Å². The van der Waals surface area contributed by atoms with Crippen molar-refractivity contribution in [2.24, 2.45) is 5.41 Å². The maximum atomic E-state index is 9.69. The van der Waals surface area contributed by atoms with Gasteiger partial charge >= 0.3 is 0 Å². The van der Waals surface area contributed by atoms with Gasteiger partial charge in [0.15, 0.2) is 0 Å². The Morgan fingerprint density at radius 2 is 1.79 bits per heavy atom. The highest BCUT2D eigenvalue weighted by molar-refractivity contribution is 4.65. The van der Waals surface area contributed by atoms with Gasteiger partial charge < -0.3 is 19.9 Å². The molecule has 4 nitrogen and oxygen atoms in total. The molecule has 0 radical (unpaired) electrons. The molecule has 0 saturated heterocycles. The Morgan fingerprint density at radius 3 is 2.42 bits per heavy atom. The lowest BCUT2D eigenvalue weighted by molar-refractivity contribution is 0.00384. The van der Waals surface area contributed by atoms with Crippen molar-refractivity contribution in [1.29, 1.82) is 0 Å². The number of unbranched alkanes of at least 4 members (excludes halogenated alkanes) is 1. The fourth-order valence-electron chi connectivity index (χ4n) is 1.48. The largest absolute Gasteiger partial charge is 0.389 e. The Balaban J connectivity index is 3.23. The van der Waals surface area contributed by atoms with Crippen LogP contribution in [0, 0.1) is 5.41 Å². The van der Waals surface area contributed by atoms with Crippen LogP contribution in [-0.2, 0) is 9.47 Å². The highest BCUT2D eigenvalue weighted by Gasteiger charge is 2.10. The average Bonchev–Trinajstić information content (AvgIpc) is 2.32. The van der Waals surface area contributed by atoms with Crippen molar-refractivity contribution >= 4 is 0 Å². The summed E-state index contributed by atoms with van der Waals surface area (Å²) in [5.41, 5.74) is 0.338. The third kappa shape index (κ3) is 15.8. The van der Waals surface area contributed by atoms with E-state index < -0.39 is 6.10 Å². The number of hydrogen-bond acceptors (Lipinski definition) is 4. The normalized spacial score (nSPS) is 13.7. The van der Waals surface area contributed by atoms with E-state index in [1.54, 1.807) is 0 Å². The number of hydrogen-bond donors (Lipinski definition) is 2. The lowest BCUT2D eigenvalue weighted by Gasteiger charge is -2.19. The molecule has 0 heterocycles. The summed E-state index contributed by atoms with van der Waals surface area (Å²) < 4.78 is 10.7. The van der Waals surface area contributed by atoms with Gasteiger partial charge in [-0.05, 0) is 24.8 Å². The molecule has 0 aromatic heterocycles. The number of ether oxygens (including phenoxy) is 2. The molecule has 0 fully saturated rings. The molecule has 0 amide bonds. The summed E-state index contributed by atoms with van der Waals surface area (Å²) in [7, 11) is 0. The summed E-state index contributed by atoms with van der Waals surface area (Å²) in [5.74, 6) is 0. The summed E-state index contributed by atoms with van der Waals surface area (Å²) >= 11 is 0. The molecule has 1 atom stereocenters. The van der Waals surface area contributed by atoms with Gasteiger partial charge in [0.2, 0.25) is 0 Å². The number of aliphatic hydroxyl groups excluding tert-OH is 1. The first-order valence-electron chi connectivity index (χ1n) is 7.50. The van der Waals surface area contributed by atoms with Crippen molar-refractivity contribution < 1.29 is 14.6 Å².